The van der Waals surface area contributed by atoms with E-state index in [-0.39, 0.29) is 17.2 Å². The number of aromatic nitrogens is 1. The summed E-state index contributed by atoms with van der Waals surface area (Å²) in [5.41, 5.74) is 5.52. The quantitative estimate of drug-likeness (QED) is 0.503. The van der Waals surface area contributed by atoms with Gasteiger partial charge in [-0.25, -0.2) is 4.39 Å². The number of amides is 1. The number of hydrogen-bond donors (Lipinski definition) is 2. The highest BCUT2D eigenvalue weighted by atomic mass is 35.5. The van der Waals surface area contributed by atoms with Gasteiger partial charge in [-0.15, -0.1) is 0 Å². The van der Waals surface area contributed by atoms with Crippen LogP contribution in [0.15, 0.2) is 53.4 Å². The van der Waals surface area contributed by atoms with Crippen molar-refractivity contribution in [2.24, 2.45) is 0 Å². The third-order valence-corrected chi connectivity index (χ3v) is 6.31. The number of nitrogens with zero attached hydrogens (tertiary/aromatic N) is 1. The van der Waals surface area contributed by atoms with Crippen LogP contribution in [0.4, 0.5) is 10.1 Å². The van der Waals surface area contributed by atoms with Crippen molar-refractivity contribution in [3.63, 3.8) is 0 Å². The summed E-state index contributed by atoms with van der Waals surface area (Å²) in [6.45, 7) is 5.96. The number of nitrogens with one attached hydrogen (secondary N) is 2. The van der Waals surface area contributed by atoms with Crippen molar-refractivity contribution < 1.29 is 9.18 Å². The van der Waals surface area contributed by atoms with Crippen LogP contribution in [-0.4, -0.2) is 16.0 Å². The zero-order valence-electron chi connectivity index (χ0n) is 16.8. The van der Waals surface area contributed by atoms with Gasteiger partial charge in [-0.05, 0) is 86.5 Å². The minimum Gasteiger partial charge on any atom is -0.356 e. The first-order valence-corrected chi connectivity index (χ1v) is 10.7. The summed E-state index contributed by atoms with van der Waals surface area (Å²) in [5, 5.41) is 6.97. The van der Waals surface area contributed by atoms with Crippen molar-refractivity contribution in [3.8, 4) is 5.69 Å². The predicted molar refractivity (Wildman–Crippen MR) is 123 cm³/mol. The minimum atomic E-state index is -0.267. The molecular weight excluding hydrogens is 421 g/mol. The van der Waals surface area contributed by atoms with Crippen LogP contribution in [0.1, 0.15) is 22.5 Å². The number of rotatable bonds is 4. The van der Waals surface area contributed by atoms with E-state index in [9.17, 15) is 9.18 Å². The summed E-state index contributed by atoms with van der Waals surface area (Å²) in [7, 11) is 0. The maximum absolute atomic E-state index is 13.3. The second-order valence-corrected chi connectivity index (χ2v) is 8.81. The Labute approximate surface area is 184 Å². The van der Waals surface area contributed by atoms with Gasteiger partial charge < -0.3 is 15.2 Å². The number of anilines is 1. The van der Waals surface area contributed by atoms with E-state index in [0.29, 0.717) is 9.93 Å². The van der Waals surface area contributed by atoms with Gasteiger partial charge in [-0.1, -0.05) is 23.4 Å². The normalized spacial score (nSPS) is 17.4. The predicted octanol–water partition coefficient (Wildman–Crippen LogP) is 5.79. The molecule has 0 saturated carbocycles. The first-order chi connectivity index (χ1) is 14.3. The molecule has 0 bridgehead atoms. The van der Waals surface area contributed by atoms with Crippen molar-refractivity contribution in [3.05, 3.63) is 86.8 Å². The summed E-state index contributed by atoms with van der Waals surface area (Å²) in [4.78, 5) is 13.2. The van der Waals surface area contributed by atoms with Gasteiger partial charge in [-0.2, -0.15) is 0 Å². The van der Waals surface area contributed by atoms with Crippen molar-refractivity contribution >= 4 is 41.0 Å². The molecule has 3 aromatic rings. The third kappa shape index (κ3) is 4.11. The lowest BCUT2D eigenvalue weighted by Crippen LogP contribution is -2.31. The van der Waals surface area contributed by atoms with Crippen molar-refractivity contribution in [2.75, 3.05) is 5.32 Å². The molecule has 4 nitrogen and oxygen atoms in total. The first-order valence-electron chi connectivity index (χ1n) is 9.48. The molecule has 2 N–H and O–H groups in total. The molecule has 1 aromatic heterocycles. The molecule has 1 unspecified atom stereocenters. The molecule has 4 rings (SSSR count). The Morgan fingerprint density at radius 3 is 2.57 bits per heavy atom. The molecule has 2 heterocycles. The number of hydrogen-bond acceptors (Lipinski definition) is 3. The molecule has 1 aliphatic heterocycles. The second kappa shape index (κ2) is 8.20. The molecule has 2 aromatic carbocycles. The van der Waals surface area contributed by atoms with Crippen LogP contribution in [0.3, 0.4) is 0 Å². The maximum Gasteiger partial charge on any atom is 0.260 e. The van der Waals surface area contributed by atoms with Crippen LogP contribution in [0.25, 0.3) is 11.8 Å². The average molecular weight is 442 g/mol. The van der Waals surface area contributed by atoms with E-state index in [0.717, 1.165) is 33.9 Å². The lowest BCUT2D eigenvalue weighted by molar-refractivity contribution is -0.116. The number of benzene rings is 2. The molecular formula is C23H21ClFN3OS. The van der Waals surface area contributed by atoms with E-state index in [1.54, 1.807) is 12.1 Å². The maximum atomic E-state index is 13.3. The van der Waals surface area contributed by atoms with Gasteiger partial charge in [0.1, 0.15) is 5.82 Å². The fraction of sp³-hybridized carbons (Fsp3) is 0.174. The molecule has 1 fully saturated rings. The molecule has 0 aliphatic carbocycles. The fourth-order valence-electron chi connectivity index (χ4n) is 3.56. The SMILES string of the molecule is Cc1cc(Cl)ccc1NC1NC(=O)/C(=C/c2cc(C)n(-c3ccc(F)cc3)c2C)S1. The van der Waals surface area contributed by atoms with Crippen molar-refractivity contribution in [2.45, 2.75) is 26.3 Å². The molecule has 1 amide bonds. The monoisotopic (exact) mass is 441 g/mol. The molecule has 1 saturated heterocycles. The molecule has 154 valence electrons. The van der Waals surface area contributed by atoms with Gasteiger partial charge in [0.2, 0.25) is 0 Å². The minimum absolute atomic E-state index is 0.115. The second-order valence-electron chi connectivity index (χ2n) is 7.22. The van der Waals surface area contributed by atoms with Gasteiger partial charge in [0, 0.05) is 27.8 Å². The molecule has 0 radical (unpaired) electrons. The number of thioether (sulfide) groups is 1. The van der Waals surface area contributed by atoms with Gasteiger partial charge in [-0.3, -0.25) is 4.79 Å². The molecule has 1 aliphatic rings. The van der Waals surface area contributed by atoms with Gasteiger partial charge >= 0.3 is 0 Å². The first kappa shape index (κ1) is 20.6. The Morgan fingerprint density at radius 1 is 1.13 bits per heavy atom. The lowest BCUT2D eigenvalue weighted by Gasteiger charge is -2.15. The molecule has 7 heteroatoms. The topological polar surface area (TPSA) is 46.1 Å². The number of carbonyl (C=O) groups is 1. The van der Waals surface area contributed by atoms with Crippen LogP contribution < -0.4 is 10.6 Å². The Bertz CT molecular complexity index is 1150. The fourth-order valence-corrected chi connectivity index (χ4v) is 4.75. The number of carbonyl (C=O) groups excluding carboxylic acids is 1. The van der Waals surface area contributed by atoms with Crippen LogP contribution in [0.2, 0.25) is 5.02 Å². The number of halogens is 2. The third-order valence-electron chi connectivity index (χ3n) is 5.05. The standard InChI is InChI=1S/C23H21ClFN3OS/c1-13-10-17(24)4-9-20(13)26-23-27-22(29)21(30-23)12-16-11-14(2)28(15(16)3)19-7-5-18(25)6-8-19/h4-12,23,26H,1-3H3,(H,27,29)/b21-12-. The van der Waals surface area contributed by atoms with E-state index >= 15 is 0 Å². The van der Waals surface area contributed by atoms with E-state index in [4.69, 9.17) is 11.6 Å². The summed E-state index contributed by atoms with van der Waals surface area (Å²) in [6, 6.07) is 14.0. The Morgan fingerprint density at radius 2 is 1.87 bits per heavy atom. The van der Waals surface area contributed by atoms with Crippen LogP contribution >= 0.6 is 23.4 Å². The summed E-state index contributed by atoms with van der Waals surface area (Å²) in [5.74, 6) is -0.382. The summed E-state index contributed by atoms with van der Waals surface area (Å²) < 4.78 is 15.3. The van der Waals surface area contributed by atoms with Crippen LogP contribution in [0, 0.1) is 26.6 Å². The largest absolute Gasteiger partial charge is 0.356 e. The van der Waals surface area contributed by atoms with Crippen LogP contribution in [0.5, 0.6) is 0 Å². The average Bonchev–Trinajstić information content (AvgIpc) is 3.17. The van der Waals surface area contributed by atoms with Crippen LogP contribution in [-0.2, 0) is 4.79 Å². The Balaban J connectivity index is 1.57. The molecule has 0 spiro atoms. The smallest absolute Gasteiger partial charge is 0.260 e. The highest BCUT2D eigenvalue weighted by molar-refractivity contribution is 8.05. The number of aryl methyl sites for hydroxylation is 2. The molecule has 30 heavy (non-hydrogen) atoms. The Hall–Kier alpha value is -2.70. The van der Waals surface area contributed by atoms with E-state index in [1.807, 2.05) is 51.1 Å². The Kier molecular flexibility index (Phi) is 5.62. The highest BCUT2D eigenvalue weighted by Crippen LogP contribution is 2.33. The lowest BCUT2D eigenvalue weighted by atomic mass is 10.2. The van der Waals surface area contributed by atoms with Crippen molar-refractivity contribution in [1.29, 1.82) is 0 Å². The summed E-state index contributed by atoms with van der Waals surface area (Å²) in [6.07, 6.45) is 1.90. The van der Waals surface area contributed by atoms with E-state index in [1.165, 1.54) is 23.9 Å². The molecule has 1 atom stereocenters. The van der Waals surface area contributed by atoms with Crippen molar-refractivity contribution in [1.82, 2.24) is 9.88 Å². The summed E-state index contributed by atoms with van der Waals surface area (Å²) >= 11 is 7.46. The zero-order valence-corrected chi connectivity index (χ0v) is 18.4. The van der Waals surface area contributed by atoms with E-state index in [2.05, 4.69) is 15.2 Å². The zero-order chi connectivity index (χ0) is 21.4. The van der Waals surface area contributed by atoms with Gasteiger partial charge in [0.25, 0.3) is 5.91 Å². The van der Waals surface area contributed by atoms with E-state index < -0.39 is 0 Å². The highest BCUT2D eigenvalue weighted by Gasteiger charge is 2.28. The van der Waals surface area contributed by atoms with Gasteiger partial charge in [0.15, 0.2) is 5.50 Å². The van der Waals surface area contributed by atoms with Gasteiger partial charge in [0.05, 0.1) is 4.91 Å².